The van der Waals surface area contributed by atoms with Crippen LogP contribution in [-0.4, -0.2) is 88.3 Å². The number of nitrogens with zero attached hydrogens (tertiary/aromatic N) is 1. The molecule has 3 amide bonds. The van der Waals surface area contributed by atoms with Gasteiger partial charge in [-0.05, 0) is 25.2 Å². The minimum atomic E-state index is -1.49. The maximum atomic E-state index is 12.6. The van der Waals surface area contributed by atoms with Crippen molar-refractivity contribution in [1.29, 1.82) is 0 Å². The number of aliphatic hydroxyl groups excluding tert-OH is 1. The number of amides is 3. The molecule has 4 atom stereocenters. The molecule has 4 unspecified atom stereocenters. The number of carbonyl (C=O) groups is 5. The Morgan fingerprint density at radius 1 is 0.882 bits per heavy atom. The van der Waals surface area contributed by atoms with Crippen molar-refractivity contribution in [2.45, 2.75) is 63.7 Å². The third-order valence-corrected chi connectivity index (χ3v) is 4.63. The quantitative estimate of drug-likeness (QED) is 0.0580. The summed E-state index contributed by atoms with van der Waals surface area (Å²) in [6.07, 6.45) is -0.305. The maximum Gasteiger partial charge on any atom is 0.326 e. The van der Waals surface area contributed by atoms with Crippen molar-refractivity contribution in [3.8, 4) is 0 Å². The molecule has 0 fully saturated rings. The van der Waals surface area contributed by atoms with Crippen molar-refractivity contribution in [1.82, 2.24) is 16.0 Å². The van der Waals surface area contributed by atoms with Gasteiger partial charge in [0.15, 0.2) is 5.96 Å². The van der Waals surface area contributed by atoms with Crippen LogP contribution in [0.1, 0.15) is 39.5 Å². The second kappa shape index (κ2) is 15.4. The Morgan fingerprint density at radius 2 is 1.44 bits per heavy atom. The average molecular weight is 490 g/mol. The van der Waals surface area contributed by atoms with E-state index in [4.69, 9.17) is 22.3 Å². The van der Waals surface area contributed by atoms with E-state index in [9.17, 15) is 34.2 Å². The largest absolute Gasteiger partial charge is 0.481 e. The zero-order valence-corrected chi connectivity index (χ0v) is 19.2. The Bertz CT molecular complexity index is 755. The van der Waals surface area contributed by atoms with Gasteiger partial charge in [0.05, 0.1) is 12.6 Å². The van der Waals surface area contributed by atoms with E-state index >= 15 is 0 Å². The number of nitrogens with two attached hydrogens (primary N) is 3. The minimum Gasteiger partial charge on any atom is -0.481 e. The van der Waals surface area contributed by atoms with Crippen molar-refractivity contribution >= 4 is 35.6 Å². The Balaban J connectivity index is 5.20. The number of carbonyl (C=O) groups excluding carboxylic acids is 3. The lowest BCUT2D eigenvalue weighted by molar-refractivity contribution is -0.144. The summed E-state index contributed by atoms with van der Waals surface area (Å²) in [5, 5.41) is 34.4. The molecule has 0 saturated heterocycles. The van der Waals surface area contributed by atoms with Crippen molar-refractivity contribution in [2.24, 2.45) is 28.1 Å². The summed E-state index contributed by atoms with van der Waals surface area (Å²) < 4.78 is 0. The molecule has 0 heterocycles. The molecule has 0 radical (unpaired) electrons. The Labute approximate surface area is 196 Å². The van der Waals surface area contributed by atoms with E-state index in [0.717, 1.165) is 0 Å². The standard InChI is InChI=1S/C19H35N7O8/c1-9(2)14(18(33)34)26-16(31)11(5-6-13(28)29)24-17(32)12(8-27)25-15(30)10(20)4-3-7-23-19(21)22/h9-12,14,27H,3-8,20H2,1-2H3,(H,24,32)(H,25,30)(H,26,31)(H,28,29)(H,33,34)(H4,21,22,23). The van der Waals surface area contributed by atoms with E-state index < -0.39 is 72.8 Å². The van der Waals surface area contributed by atoms with Gasteiger partial charge in [-0.15, -0.1) is 0 Å². The monoisotopic (exact) mass is 489 g/mol. The smallest absolute Gasteiger partial charge is 0.326 e. The van der Waals surface area contributed by atoms with Gasteiger partial charge >= 0.3 is 11.9 Å². The highest BCUT2D eigenvalue weighted by Gasteiger charge is 2.31. The van der Waals surface area contributed by atoms with E-state index in [-0.39, 0.29) is 25.3 Å². The first-order chi connectivity index (χ1) is 15.8. The van der Waals surface area contributed by atoms with Gasteiger partial charge in [-0.1, -0.05) is 13.8 Å². The molecule has 0 aliphatic rings. The van der Waals surface area contributed by atoms with Crippen molar-refractivity contribution < 1.29 is 39.3 Å². The zero-order valence-electron chi connectivity index (χ0n) is 19.2. The number of hydrogen-bond donors (Lipinski definition) is 9. The number of carboxylic acid groups (broad SMARTS) is 2. The van der Waals surface area contributed by atoms with Gasteiger partial charge in [0.25, 0.3) is 0 Å². The number of aliphatic hydroxyl groups is 1. The fourth-order valence-electron chi connectivity index (χ4n) is 2.70. The van der Waals surface area contributed by atoms with Gasteiger partial charge in [0.2, 0.25) is 17.7 Å². The Hall–Kier alpha value is -3.46. The zero-order chi connectivity index (χ0) is 26.4. The number of hydrogen-bond acceptors (Lipinski definition) is 8. The summed E-state index contributed by atoms with van der Waals surface area (Å²) in [7, 11) is 0. The summed E-state index contributed by atoms with van der Waals surface area (Å²) >= 11 is 0. The van der Waals surface area contributed by atoms with Gasteiger partial charge in [0, 0.05) is 13.0 Å². The van der Waals surface area contributed by atoms with Crippen molar-refractivity contribution in [3.05, 3.63) is 0 Å². The van der Waals surface area contributed by atoms with Crippen LogP contribution >= 0.6 is 0 Å². The normalized spacial score (nSPS) is 14.3. The summed E-state index contributed by atoms with van der Waals surface area (Å²) in [6, 6.07) is -5.23. The van der Waals surface area contributed by atoms with Gasteiger partial charge in [0.1, 0.15) is 18.1 Å². The highest BCUT2D eigenvalue weighted by molar-refractivity contribution is 5.94. The van der Waals surface area contributed by atoms with Crippen LogP contribution in [0.4, 0.5) is 0 Å². The number of carboxylic acids is 2. The fraction of sp³-hybridized carbons (Fsp3) is 0.684. The molecule has 194 valence electrons. The van der Waals surface area contributed by atoms with Crippen LogP contribution in [-0.2, 0) is 24.0 Å². The lowest BCUT2D eigenvalue weighted by Crippen LogP contribution is -2.58. The van der Waals surface area contributed by atoms with Gasteiger partial charge in [-0.3, -0.25) is 24.2 Å². The predicted octanol–water partition coefficient (Wildman–Crippen LogP) is -3.58. The highest BCUT2D eigenvalue weighted by Crippen LogP contribution is 2.05. The number of aliphatic carboxylic acids is 2. The first-order valence-corrected chi connectivity index (χ1v) is 10.6. The molecule has 0 rings (SSSR count). The first-order valence-electron chi connectivity index (χ1n) is 10.6. The summed E-state index contributed by atoms with van der Waals surface area (Å²) in [6.45, 7) is 2.51. The van der Waals surface area contributed by atoms with E-state index in [2.05, 4.69) is 20.9 Å². The molecule has 0 saturated carbocycles. The first kappa shape index (κ1) is 30.5. The summed E-state index contributed by atoms with van der Waals surface area (Å²) in [5.41, 5.74) is 16.2. The molecular formula is C19H35N7O8. The van der Waals surface area contributed by atoms with Crippen molar-refractivity contribution in [2.75, 3.05) is 13.2 Å². The van der Waals surface area contributed by atoms with Gasteiger partial charge < -0.3 is 48.5 Å². The van der Waals surface area contributed by atoms with E-state index in [0.29, 0.717) is 6.42 Å². The maximum absolute atomic E-state index is 12.6. The summed E-state index contributed by atoms with van der Waals surface area (Å²) in [5.74, 6) is -5.81. The fourth-order valence-corrected chi connectivity index (χ4v) is 2.70. The van der Waals surface area contributed by atoms with E-state index in [1.165, 1.54) is 0 Å². The van der Waals surface area contributed by atoms with Crippen LogP contribution < -0.4 is 33.2 Å². The number of guanidine groups is 1. The van der Waals surface area contributed by atoms with E-state index in [1.807, 2.05) is 0 Å². The number of aliphatic imine (C=N–C) groups is 1. The molecule has 34 heavy (non-hydrogen) atoms. The number of rotatable bonds is 16. The topological polar surface area (TPSA) is 273 Å². The molecule has 0 aromatic rings. The molecule has 0 spiro atoms. The Morgan fingerprint density at radius 3 is 1.91 bits per heavy atom. The third-order valence-electron chi connectivity index (χ3n) is 4.63. The van der Waals surface area contributed by atoms with Crippen LogP contribution in [0.15, 0.2) is 4.99 Å². The minimum absolute atomic E-state index is 0.111. The lowest BCUT2D eigenvalue weighted by Gasteiger charge is -2.25. The van der Waals surface area contributed by atoms with E-state index in [1.54, 1.807) is 13.8 Å². The molecule has 15 nitrogen and oxygen atoms in total. The van der Waals surface area contributed by atoms with Gasteiger partial charge in [-0.2, -0.15) is 0 Å². The highest BCUT2D eigenvalue weighted by atomic mass is 16.4. The SMILES string of the molecule is CC(C)C(NC(=O)C(CCC(=O)O)NC(=O)C(CO)NC(=O)C(N)CCCN=C(N)N)C(=O)O. The molecule has 0 aromatic heterocycles. The molecule has 0 aliphatic heterocycles. The van der Waals surface area contributed by atoms with Gasteiger partial charge in [-0.25, -0.2) is 4.79 Å². The molecule has 12 N–H and O–H groups in total. The Kier molecular flexibility index (Phi) is 13.8. The van der Waals surface area contributed by atoms with Crippen molar-refractivity contribution in [3.63, 3.8) is 0 Å². The third kappa shape index (κ3) is 12.0. The van der Waals surface area contributed by atoms with Crippen LogP contribution in [0, 0.1) is 5.92 Å². The predicted molar refractivity (Wildman–Crippen MR) is 120 cm³/mol. The molecule has 0 aliphatic carbocycles. The summed E-state index contributed by atoms with van der Waals surface area (Å²) in [4.78, 5) is 63.4. The molecular weight excluding hydrogens is 454 g/mol. The van der Waals surface area contributed by atoms with Crippen LogP contribution in [0.5, 0.6) is 0 Å². The molecule has 0 aromatic carbocycles. The van der Waals surface area contributed by atoms with Crippen LogP contribution in [0.3, 0.4) is 0 Å². The second-order valence-corrected chi connectivity index (χ2v) is 7.86. The number of nitrogens with one attached hydrogen (secondary N) is 3. The molecule has 0 bridgehead atoms. The van der Waals surface area contributed by atoms with Crippen LogP contribution in [0.2, 0.25) is 0 Å². The second-order valence-electron chi connectivity index (χ2n) is 7.86. The molecule has 15 heteroatoms. The average Bonchev–Trinajstić information content (AvgIpc) is 2.74. The van der Waals surface area contributed by atoms with Crippen LogP contribution in [0.25, 0.3) is 0 Å². The lowest BCUT2D eigenvalue weighted by atomic mass is 10.0.